The van der Waals surface area contributed by atoms with Crippen LogP contribution in [0, 0.1) is 0 Å². The van der Waals surface area contributed by atoms with E-state index in [0.717, 1.165) is 32.4 Å². The molecule has 0 saturated carbocycles. The number of imidazole rings is 1. The minimum absolute atomic E-state index is 0.226. The fraction of sp³-hybridized carbons (Fsp3) is 0.444. The van der Waals surface area contributed by atoms with Crippen molar-refractivity contribution in [3.05, 3.63) is 54.1 Å². The number of aromatic nitrogens is 2. The van der Waals surface area contributed by atoms with Gasteiger partial charge >= 0.3 is 5.97 Å². The zero-order chi connectivity index (χ0) is 15.8. The highest BCUT2D eigenvalue weighted by molar-refractivity contribution is 5.66. The van der Waals surface area contributed by atoms with Crippen molar-refractivity contribution in [2.45, 2.75) is 52.1 Å². The van der Waals surface area contributed by atoms with E-state index in [1.807, 2.05) is 6.07 Å². The van der Waals surface area contributed by atoms with Crippen molar-refractivity contribution in [2.24, 2.45) is 0 Å². The minimum atomic E-state index is -0.723. The van der Waals surface area contributed by atoms with Crippen molar-refractivity contribution in [1.29, 1.82) is 0 Å². The van der Waals surface area contributed by atoms with Crippen molar-refractivity contribution < 1.29 is 14.5 Å². The summed E-state index contributed by atoms with van der Waals surface area (Å²) >= 11 is 0. The topological polar surface area (TPSA) is 46.1 Å². The van der Waals surface area contributed by atoms with Gasteiger partial charge in [0, 0.05) is 12.8 Å². The Bertz CT molecular complexity index is 590. The fourth-order valence-electron chi connectivity index (χ4n) is 2.65. The molecule has 0 unspecified atom stereocenters. The molecule has 4 nitrogen and oxygen atoms in total. The number of unbranched alkanes of at least 4 members (excludes halogenated alkanes) is 1. The molecule has 0 spiro atoms. The van der Waals surface area contributed by atoms with Gasteiger partial charge in [0.1, 0.15) is 18.9 Å². The maximum absolute atomic E-state index is 10.7. The predicted molar refractivity (Wildman–Crippen MR) is 85.7 cm³/mol. The molecule has 1 aromatic carbocycles. The van der Waals surface area contributed by atoms with Crippen LogP contribution in [0.3, 0.4) is 0 Å². The molecular formula is C18H25N2O2+. The van der Waals surface area contributed by atoms with E-state index in [0.29, 0.717) is 6.42 Å². The van der Waals surface area contributed by atoms with Crippen molar-refractivity contribution in [3.8, 4) is 0 Å². The van der Waals surface area contributed by atoms with Crippen LogP contribution in [0.15, 0.2) is 42.7 Å². The highest BCUT2D eigenvalue weighted by Gasteiger charge is 2.17. The van der Waals surface area contributed by atoms with Gasteiger partial charge in [0.25, 0.3) is 5.82 Å². The lowest BCUT2D eigenvalue weighted by atomic mass is 10.2. The molecule has 118 valence electrons. The summed E-state index contributed by atoms with van der Waals surface area (Å²) in [7, 11) is 0. The van der Waals surface area contributed by atoms with Gasteiger partial charge in [0.15, 0.2) is 0 Å². The first-order valence-electron chi connectivity index (χ1n) is 8.04. The smallest absolute Gasteiger partial charge is 0.303 e. The molecule has 0 aliphatic rings. The van der Waals surface area contributed by atoms with Gasteiger partial charge in [-0.3, -0.25) is 4.79 Å². The summed E-state index contributed by atoms with van der Waals surface area (Å²) in [6.45, 7) is 3.83. The number of benzene rings is 1. The Balaban J connectivity index is 2.11. The highest BCUT2D eigenvalue weighted by atomic mass is 16.4. The molecular weight excluding hydrogens is 276 g/mol. The first-order chi connectivity index (χ1) is 10.7. The molecule has 0 aliphatic heterocycles. The number of nitrogens with zero attached hydrogens (tertiary/aromatic N) is 2. The van der Waals surface area contributed by atoms with Gasteiger partial charge in [-0.05, 0) is 18.4 Å². The van der Waals surface area contributed by atoms with Gasteiger partial charge in [-0.1, -0.05) is 43.7 Å². The average Bonchev–Trinajstić information content (AvgIpc) is 2.88. The van der Waals surface area contributed by atoms with Crippen LogP contribution in [0.2, 0.25) is 0 Å². The predicted octanol–water partition coefficient (Wildman–Crippen LogP) is 3.03. The van der Waals surface area contributed by atoms with Crippen molar-refractivity contribution >= 4 is 5.97 Å². The fourth-order valence-corrected chi connectivity index (χ4v) is 2.65. The summed E-state index contributed by atoms with van der Waals surface area (Å²) in [5.41, 5.74) is 1.29. The molecule has 0 aliphatic carbocycles. The summed E-state index contributed by atoms with van der Waals surface area (Å²) in [6.07, 6.45) is 8.43. The first kappa shape index (κ1) is 16.3. The van der Waals surface area contributed by atoms with Gasteiger partial charge in [-0.15, -0.1) is 0 Å². The van der Waals surface area contributed by atoms with Crippen LogP contribution in [-0.2, 0) is 24.3 Å². The molecule has 4 heteroatoms. The third kappa shape index (κ3) is 4.72. The Kier molecular flexibility index (Phi) is 6.19. The lowest BCUT2D eigenvalue weighted by Crippen LogP contribution is -2.37. The number of hydrogen-bond donors (Lipinski definition) is 1. The number of hydrogen-bond acceptors (Lipinski definition) is 1. The Labute approximate surface area is 132 Å². The maximum atomic E-state index is 10.7. The zero-order valence-electron chi connectivity index (χ0n) is 13.2. The van der Waals surface area contributed by atoms with Crippen LogP contribution >= 0.6 is 0 Å². The number of rotatable bonds is 9. The highest BCUT2D eigenvalue weighted by Crippen LogP contribution is 2.07. The Hall–Kier alpha value is -2.10. The number of carboxylic acids is 1. The van der Waals surface area contributed by atoms with Crippen LogP contribution in [0.4, 0.5) is 0 Å². The van der Waals surface area contributed by atoms with Crippen molar-refractivity contribution in [1.82, 2.24) is 4.57 Å². The molecule has 2 rings (SSSR count). The SMILES string of the molecule is CCCCc1n(CCCC(=O)O)cc[n+]1Cc1ccccc1. The molecule has 1 heterocycles. The van der Waals surface area contributed by atoms with Crippen LogP contribution < -0.4 is 4.57 Å². The first-order valence-corrected chi connectivity index (χ1v) is 8.04. The number of aryl methyl sites for hydroxylation is 1. The summed E-state index contributed by atoms with van der Waals surface area (Å²) in [4.78, 5) is 10.7. The lowest BCUT2D eigenvalue weighted by molar-refractivity contribution is -0.695. The van der Waals surface area contributed by atoms with E-state index in [2.05, 4.69) is 52.7 Å². The van der Waals surface area contributed by atoms with Gasteiger partial charge in [0.2, 0.25) is 0 Å². The largest absolute Gasteiger partial charge is 0.481 e. The maximum Gasteiger partial charge on any atom is 0.303 e. The Morgan fingerprint density at radius 3 is 2.68 bits per heavy atom. The zero-order valence-corrected chi connectivity index (χ0v) is 13.2. The molecule has 0 amide bonds. The molecule has 1 N–H and O–H groups in total. The normalized spacial score (nSPS) is 10.8. The van der Waals surface area contributed by atoms with E-state index >= 15 is 0 Å². The number of aliphatic carboxylic acids is 1. The van der Waals surface area contributed by atoms with E-state index in [-0.39, 0.29) is 6.42 Å². The van der Waals surface area contributed by atoms with Gasteiger partial charge < -0.3 is 5.11 Å². The molecule has 0 radical (unpaired) electrons. The van der Waals surface area contributed by atoms with Crippen LogP contribution in [0.1, 0.15) is 44.0 Å². The average molecular weight is 301 g/mol. The standard InChI is InChI=1S/C18H24N2O2/c1-2-3-10-17-19(12-7-11-18(21)22)13-14-20(17)15-16-8-5-4-6-9-16/h4-6,8-9,13-14H,2-3,7,10-12,15H2,1H3/p+1. The Morgan fingerprint density at radius 2 is 2.00 bits per heavy atom. The summed E-state index contributed by atoms with van der Waals surface area (Å²) < 4.78 is 4.49. The van der Waals surface area contributed by atoms with Gasteiger partial charge in [-0.2, -0.15) is 0 Å². The molecule has 1 aromatic heterocycles. The van der Waals surface area contributed by atoms with E-state index < -0.39 is 5.97 Å². The quantitative estimate of drug-likeness (QED) is 0.724. The molecule has 22 heavy (non-hydrogen) atoms. The second-order valence-corrected chi connectivity index (χ2v) is 5.62. The summed E-state index contributed by atoms with van der Waals surface area (Å²) in [6, 6.07) is 10.4. The van der Waals surface area contributed by atoms with E-state index in [9.17, 15) is 4.79 Å². The van der Waals surface area contributed by atoms with Crippen LogP contribution in [0.25, 0.3) is 0 Å². The second kappa shape index (κ2) is 8.37. The molecule has 0 atom stereocenters. The monoisotopic (exact) mass is 301 g/mol. The minimum Gasteiger partial charge on any atom is -0.481 e. The number of carbonyl (C=O) groups is 1. The van der Waals surface area contributed by atoms with Gasteiger partial charge in [-0.25, -0.2) is 9.13 Å². The molecule has 0 fully saturated rings. The second-order valence-electron chi connectivity index (χ2n) is 5.62. The summed E-state index contributed by atoms with van der Waals surface area (Å²) in [5, 5.41) is 8.79. The van der Waals surface area contributed by atoms with Crippen LogP contribution in [0.5, 0.6) is 0 Å². The molecule has 2 aromatic rings. The molecule has 0 saturated heterocycles. The third-order valence-electron chi connectivity index (χ3n) is 3.83. The van der Waals surface area contributed by atoms with E-state index in [1.165, 1.54) is 11.4 Å². The van der Waals surface area contributed by atoms with E-state index in [1.54, 1.807) is 0 Å². The Morgan fingerprint density at radius 1 is 1.23 bits per heavy atom. The third-order valence-corrected chi connectivity index (χ3v) is 3.83. The van der Waals surface area contributed by atoms with Crippen LogP contribution in [-0.4, -0.2) is 15.6 Å². The van der Waals surface area contributed by atoms with E-state index in [4.69, 9.17) is 5.11 Å². The number of carboxylic acid groups (broad SMARTS) is 1. The van der Waals surface area contributed by atoms with Gasteiger partial charge in [0.05, 0.1) is 6.54 Å². The lowest BCUT2D eigenvalue weighted by Gasteiger charge is -2.05. The van der Waals surface area contributed by atoms with Crippen molar-refractivity contribution in [2.75, 3.05) is 0 Å². The summed E-state index contributed by atoms with van der Waals surface area (Å²) in [5.74, 6) is 0.565. The van der Waals surface area contributed by atoms with Crippen molar-refractivity contribution in [3.63, 3.8) is 0 Å². The molecule has 0 bridgehead atoms.